The maximum absolute atomic E-state index is 12.2. The number of nitrogens with one attached hydrogen (secondary N) is 2. The predicted octanol–water partition coefficient (Wildman–Crippen LogP) is 1.46. The molecular weight excluding hydrogens is 382 g/mol. The van der Waals surface area contributed by atoms with E-state index < -0.39 is 0 Å². The molecule has 0 aliphatic heterocycles. The molecule has 0 saturated carbocycles. The SMILES string of the molecule is C=c1sc(C(=O)NC)c(N)/c1=C(/NC(N)=NC)c1cccc(-c2ccccc2)c1. The van der Waals surface area contributed by atoms with Gasteiger partial charge in [-0.1, -0.05) is 55.1 Å². The van der Waals surface area contributed by atoms with Crippen LogP contribution in [0, 0.1) is 0 Å². The summed E-state index contributed by atoms with van der Waals surface area (Å²) in [5, 5.41) is 6.38. The second-order valence-electron chi connectivity index (χ2n) is 6.28. The molecule has 0 radical (unpaired) electrons. The highest BCUT2D eigenvalue weighted by atomic mass is 32.1. The first-order valence-corrected chi connectivity index (χ1v) is 9.76. The van der Waals surface area contributed by atoms with Crippen LogP contribution in [0.5, 0.6) is 0 Å². The molecule has 7 heteroatoms. The Bertz CT molecular complexity index is 1180. The minimum absolute atomic E-state index is 0.233. The van der Waals surface area contributed by atoms with Crippen molar-refractivity contribution >= 4 is 41.2 Å². The van der Waals surface area contributed by atoms with Gasteiger partial charge in [0.2, 0.25) is 0 Å². The molecule has 0 aliphatic rings. The number of rotatable bonds is 4. The number of anilines is 1. The van der Waals surface area contributed by atoms with Crippen LogP contribution in [-0.4, -0.2) is 26.0 Å². The molecule has 29 heavy (non-hydrogen) atoms. The highest BCUT2D eigenvalue weighted by Gasteiger charge is 2.17. The number of thiophene rings is 1. The molecule has 6 N–H and O–H groups in total. The molecule has 0 atom stereocenters. The third-order valence-corrected chi connectivity index (χ3v) is 5.51. The molecule has 0 bridgehead atoms. The lowest BCUT2D eigenvalue weighted by Gasteiger charge is -2.13. The van der Waals surface area contributed by atoms with E-state index >= 15 is 0 Å². The summed E-state index contributed by atoms with van der Waals surface area (Å²) < 4.78 is 0.664. The third kappa shape index (κ3) is 4.14. The van der Waals surface area contributed by atoms with Crippen molar-refractivity contribution in [1.29, 1.82) is 0 Å². The number of hydrogen-bond donors (Lipinski definition) is 4. The number of carbonyl (C=O) groups excluding carboxylic acids is 1. The van der Waals surface area contributed by atoms with Crippen LogP contribution >= 0.6 is 11.3 Å². The lowest BCUT2D eigenvalue weighted by molar-refractivity contribution is 0.0968. The summed E-state index contributed by atoms with van der Waals surface area (Å²) in [7, 11) is 3.16. The van der Waals surface area contributed by atoms with E-state index in [-0.39, 0.29) is 11.9 Å². The van der Waals surface area contributed by atoms with Crippen molar-refractivity contribution in [3.63, 3.8) is 0 Å². The van der Waals surface area contributed by atoms with Gasteiger partial charge in [-0.05, 0) is 22.8 Å². The Morgan fingerprint density at radius 1 is 1.10 bits per heavy atom. The molecule has 1 amide bonds. The van der Waals surface area contributed by atoms with Crippen LogP contribution in [0.1, 0.15) is 15.2 Å². The van der Waals surface area contributed by atoms with Crippen LogP contribution in [-0.2, 0) is 0 Å². The molecule has 1 aromatic heterocycles. The van der Waals surface area contributed by atoms with Gasteiger partial charge in [-0.2, -0.15) is 0 Å². The van der Waals surface area contributed by atoms with Crippen molar-refractivity contribution in [3.05, 3.63) is 74.8 Å². The summed E-state index contributed by atoms with van der Waals surface area (Å²) in [6, 6.07) is 18.0. The van der Waals surface area contributed by atoms with Gasteiger partial charge in [0, 0.05) is 23.8 Å². The number of amides is 1. The van der Waals surface area contributed by atoms with Crippen LogP contribution in [0.4, 0.5) is 5.69 Å². The fraction of sp³-hybridized carbons (Fsp3) is 0.0909. The number of nitrogens with zero attached hydrogens (tertiary/aromatic N) is 1. The molecule has 6 nitrogen and oxygen atoms in total. The Hall–Kier alpha value is -3.58. The summed E-state index contributed by atoms with van der Waals surface area (Å²) in [6.07, 6.45) is 0. The van der Waals surface area contributed by atoms with E-state index in [2.05, 4.69) is 22.2 Å². The second kappa shape index (κ2) is 8.62. The molecule has 148 valence electrons. The van der Waals surface area contributed by atoms with E-state index in [0.717, 1.165) is 16.7 Å². The Morgan fingerprint density at radius 2 is 1.79 bits per heavy atom. The van der Waals surface area contributed by atoms with Gasteiger partial charge in [-0.3, -0.25) is 9.79 Å². The summed E-state index contributed by atoms with van der Waals surface area (Å²) in [5.74, 6) is -0.0187. The summed E-state index contributed by atoms with van der Waals surface area (Å²) in [4.78, 5) is 16.6. The smallest absolute Gasteiger partial charge is 0.263 e. The molecule has 0 aliphatic carbocycles. The molecule has 3 aromatic rings. The lowest BCUT2D eigenvalue weighted by Crippen LogP contribution is -2.37. The van der Waals surface area contributed by atoms with Crippen LogP contribution in [0.2, 0.25) is 0 Å². The van der Waals surface area contributed by atoms with E-state index in [4.69, 9.17) is 11.5 Å². The fourth-order valence-electron chi connectivity index (χ4n) is 3.00. The van der Waals surface area contributed by atoms with E-state index in [1.807, 2.05) is 54.6 Å². The fourth-order valence-corrected chi connectivity index (χ4v) is 3.96. The molecule has 0 fully saturated rings. The van der Waals surface area contributed by atoms with Gasteiger partial charge in [-0.15, -0.1) is 11.3 Å². The van der Waals surface area contributed by atoms with E-state index in [0.29, 0.717) is 26.0 Å². The van der Waals surface area contributed by atoms with Crippen molar-refractivity contribution in [2.75, 3.05) is 19.8 Å². The molecule has 3 rings (SSSR count). The van der Waals surface area contributed by atoms with E-state index in [1.165, 1.54) is 11.3 Å². The van der Waals surface area contributed by atoms with Gasteiger partial charge < -0.3 is 22.1 Å². The highest BCUT2D eigenvalue weighted by Crippen LogP contribution is 2.23. The van der Waals surface area contributed by atoms with Crippen molar-refractivity contribution in [3.8, 4) is 11.1 Å². The van der Waals surface area contributed by atoms with Gasteiger partial charge in [-0.25, -0.2) is 0 Å². The Balaban J connectivity index is 2.29. The predicted molar refractivity (Wildman–Crippen MR) is 122 cm³/mol. The number of guanidine groups is 1. The molecule has 0 unspecified atom stereocenters. The van der Waals surface area contributed by atoms with E-state index in [9.17, 15) is 4.79 Å². The van der Waals surface area contributed by atoms with Crippen LogP contribution in [0.25, 0.3) is 23.4 Å². The minimum Gasteiger partial charge on any atom is -0.397 e. The van der Waals surface area contributed by atoms with Crippen molar-refractivity contribution in [2.45, 2.75) is 0 Å². The number of nitrogen functional groups attached to an aromatic ring is 1. The zero-order valence-corrected chi connectivity index (χ0v) is 17.1. The molecule has 0 saturated heterocycles. The maximum atomic E-state index is 12.2. The largest absolute Gasteiger partial charge is 0.397 e. The van der Waals surface area contributed by atoms with E-state index in [1.54, 1.807) is 14.1 Å². The van der Waals surface area contributed by atoms with Crippen molar-refractivity contribution < 1.29 is 4.79 Å². The molecule has 0 spiro atoms. The zero-order chi connectivity index (χ0) is 21.0. The van der Waals surface area contributed by atoms with Gasteiger partial charge in [0.05, 0.1) is 11.4 Å². The Labute approximate surface area is 173 Å². The normalized spacial score (nSPS) is 12.4. The number of benzene rings is 2. The first-order chi connectivity index (χ1) is 14.0. The average molecular weight is 406 g/mol. The van der Waals surface area contributed by atoms with Gasteiger partial charge in [0.15, 0.2) is 5.96 Å². The number of aliphatic imine (C=N–C) groups is 1. The molecule has 2 aromatic carbocycles. The minimum atomic E-state index is -0.252. The highest BCUT2D eigenvalue weighted by molar-refractivity contribution is 7.12. The van der Waals surface area contributed by atoms with Crippen LogP contribution in [0.3, 0.4) is 0 Å². The average Bonchev–Trinajstić information content (AvgIpc) is 3.05. The maximum Gasteiger partial charge on any atom is 0.263 e. The molecule has 1 heterocycles. The van der Waals surface area contributed by atoms with Crippen LogP contribution < -0.4 is 31.9 Å². The number of nitrogens with two attached hydrogens (primary N) is 2. The van der Waals surface area contributed by atoms with Crippen molar-refractivity contribution in [2.24, 2.45) is 10.7 Å². The zero-order valence-electron chi connectivity index (χ0n) is 16.3. The summed E-state index contributed by atoms with van der Waals surface area (Å²) >= 11 is 1.24. The first-order valence-electron chi connectivity index (χ1n) is 8.95. The first kappa shape index (κ1) is 20.2. The Morgan fingerprint density at radius 3 is 2.45 bits per heavy atom. The number of hydrogen-bond acceptors (Lipinski definition) is 4. The lowest BCUT2D eigenvalue weighted by atomic mass is 10.0. The Kier molecular flexibility index (Phi) is 5.99. The monoisotopic (exact) mass is 405 g/mol. The standard InChI is InChI=1S/C22H23N5OS/c1-13-17(18(23)20(29-13)21(28)25-2)19(27-22(24)26-3)16-11-7-10-15(12-16)14-8-5-4-6-9-14/h4-12H,1,23H2,2-3H3,(H,25,28)(H3,24,26,27)/b19-17+. The van der Waals surface area contributed by atoms with Gasteiger partial charge >= 0.3 is 0 Å². The molecular formula is C22H23N5OS. The number of carbonyl (C=O) groups is 1. The second-order valence-corrected chi connectivity index (χ2v) is 7.38. The topological polar surface area (TPSA) is 106 Å². The quantitative estimate of drug-likeness (QED) is 0.389. The third-order valence-electron chi connectivity index (χ3n) is 4.45. The van der Waals surface area contributed by atoms with Crippen molar-refractivity contribution in [1.82, 2.24) is 10.6 Å². The summed E-state index contributed by atoms with van der Waals surface area (Å²) in [6.45, 7) is 4.10. The van der Waals surface area contributed by atoms with Gasteiger partial charge in [0.1, 0.15) is 4.88 Å². The summed E-state index contributed by atoms with van der Waals surface area (Å²) in [5.41, 5.74) is 16.3. The van der Waals surface area contributed by atoms with Gasteiger partial charge in [0.25, 0.3) is 5.91 Å². The van der Waals surface area contributed by atoms with Crippen LogP contribution in [0.15, 0.2) is 59.6 Å².